The highest BCUT2D eigenvalue weighted by Gasteiger charge is 2.23. The van der Waals surface area contributed by atoms with Crippen LogP contribution >= 0.6 is 0 Å². The van der Waals surface area contributed by atoms with Gasteiger partial charge in [0.05, 0.1) is 26.4 Å². The van der Waals surface area contributed by atoms with Crippen LogP contribution in [0.4, 0.5) is 4.79 Å². The van der Waals surface area contributed by atoms with Crippen molar-refractivity contribution in [1.29, 1.82) is 0 Å². The molecule has 0 unspecified atom stereocenters. The number of nitrogens with zero attached hydrogens (tertiary/aromatic N) is 1. The van der Waals surface area contributed by atoms with Crippen LogP contribution in [0.3, 0.4) is 0 Å². The molecule has 0 N–H and O–H groups in total. The minimum atomic E-state index is -0.263. The van der Waals surface area contributed by atoms with Crippen LogP contribution in [-0.4, -0.2) is 43.9 Å². The van der Waals surface area contributed by atoms with Crippen molar-refractivity contribution in [2.24, 2.45) is 0 Å². The molecule has 4 heteroatoms. The van der Waals surface area contributed by atoms with Crippen molar-refractivity contribution in [1.82, 2.24) is 4.90 Å². The summed E-state index contributed by atoms with van der Waals surface area (Å²) < 4.78 is 9.75. The molecule has 1 saturated heterocycles. The molecule has 0 aromatic carbocycles. The standard InChI is InChI=1S/C7H13NO3/c1-6-5-11-4-3-8(6)7(9)10-2/h6H,3-5H2,1-2H3/t6-/m1/s1. The minimum absolute atomic E-state index is 0.135. The Morgan fingerprint density at radius 1 is 1.73 bits per heavy atom. The van der Waals surface area contributed by atoms with Crippen LogP contribution in [0.5, 0.6) is 0 Å². The van der Waals surface area contributed by atoms with Crippen LogP contribution in [-0.2, 0) is 9.47 Å². The lowest BCUT2D eigenvalue weighted by atomic mass is 10.3. The van der Waals surface area contributed by atoms with E-state index in [0.29, 0.717) is 19.8 Å². The van der Waals surface area contributed by atoms with Crippen LogP contribution in [0, 0.1) is 0 Å². The summed E-state index contributed by atoms with van der Waals surface area (Å²) >= 11 is 0. The second kappa shape index (κ2) is 3.57. The van der Waals surface area contributed by atoms with Crippen molar-refractivity contribution < 1.29 is 14.3 Å². The molecular weight excluding hydrogens is 146 g/mol. The summed E-state index contributed by atoms with van der Waals surface area (Å²) in [6.07, 6.45) is -0.263. The highest BCUT2D eigenvalue weighted by atomic mass is 16.5. The van der Waals surface area contributed by atoms with Crippen molar-refractivity contribution >= 4 is 6.09 Å². The molecule has 64 valence electrons. The third-order valence-electron chi connectivity index (χ3n) is 1.78. The van der Waals surface area contributed by atoms with Gasteiger partial charge in [-0.05, 0) is 6.92 Å². The van der Waals surface area contributed by atoms with E-state index >= 15 is 0 Å². The van der Waals surface area contributed by atoms with Gasteiger partial charge >= 0.3 is 6.09 Å². The monoisotopic (exact) mass is 159 g/mol. The van der Waals surface area contributed by atoms with Gasteiger partial charge in [-0.3, -0.25) is 0 Å². The number of morpholine rings is 1. The molecule has 1 heterocycles. The maximum Gasteiger partial charge on any atom is 0.409 e. The average Bonchev–Trinajstić information content (AvgIpc) is 2.04. The molecule has 1 fully saturated rings. The number of carbonyl (C=O) groups excluding carboxylic acids is 1. The molecule has 0 saturated carbocycles. The second-order valence-corrected chi connectivity index (χ2v) is 2.59. The van der Waals surface area contributed by atoms with Crippen LogP contribution in [0.25, 0.3) is 0 Å². The number of carbonyl (C=O) groups is 1. The first-order valence-electron chi connectivity index (χ1n) is 3.68. The Balaban J connectivity index is 2.47. The Bertz CT molecular complexity index is 149. The first kappa shape index (κ1) is 8.33. The van der Waals surface area contributed by atoms with Gasteiger partial charge in [-0.1, -0.05) is 0 Å². The predicted octanol–water partition coefficient (Wildman–Crippen LogP) is 0.473. The zero-order valence-electron chi connectivity index (χ0n) is 6.87. The van der Waals surface area contributed by atoms with Crippen LogP contribution in [0.15, 0.2) is 0 Å². The van der Waals surface area contributed by atoms with Crippen molar-refractivity contribution in [3.63, 3.8) is 0 Å². The Morgan fingerprint density at radius 3 is 3.00 bits per heavy atom. The fraction of sp³-hybridized carbons (Fsp3) is 0.857. The van der Waals surface area contributed by atoms with Crippen LogP contribution < -0.4 is 0 Å². The summed E-state index contributed by atoms with van der Waals surface area (Å²) in [6.45, 7) is 3.79. The Labute approximate surface area is 66.1 Å². The third kappa shape index (κ3) is 1.83. The minimum Gasteiger partial charge on any atom is -0.453 e. The lowest BCUT2D eigenvalue weighted by Crippen LogP contribution is -2.46. The van der Waals surface area contributed by atoms with Gasteiger partial charge in [-0.15, -0.1) is 0 Å². The predicted molar refractivity (Wildman–Crippen MR) is 39.4 cm³/mol. The molecule has 1 atom stereocenters. The van der Waals surface area contributed by atoms with Gasteiger partial charge in [0.25, 0.3) is 0 Å². The van der Waals surface area contributed by atoms with Gasteiger partial charge in [-0.2, -0.15) is 0 Å². The molecule has 0 aliphatic carbocycles. The molecule has 0 aromatic rings. The molecule has 11 heavy (non-hydrogen) atoms. The Kier molecular flexibility index (Phi) is 2.70. The topological polar surface area (TPSA) is 38.8 Å². The summed E-state index contributed by atoms with van der Waals surface area (Å²) in [4.78, 5) is 12.7. The molecule has 1 amide bonds. The van der Waals surface area contributed by atoms with Gasteiger partial charge in [-0.25, -0.2) is 4.79 Å². The zero-order valence-corrected chi connectivity index (χ0v) is 6.87. The molecule has 1 aliphatic heterocycles. The molecule has 1 rings (SSSR count). The molecular formula is C7H13NO3. The zero-order chi connectivity index (χ0) is 8.27. The molecule has 0 radical (unpaired) electrons. The van der Waals surface area contributed by atoms with Crippen LogP contribution in [0.1, 0.15) is 6.92 Å². The summed E-state index contributed by atoms with van der Waals surface area (Å²) in [5, 5.41) is 0. The van der Waals surface area contributed by atoms with Gasteiger partial charge in [0.1, 0.15) is 0 Å². The lowest BCUT2D eigenvalue weighted by molar-refractivity contribution is 0.00172. The highest BCUT2D eigenvalue weighted by molar-refractivity contribution is 5.67. The fourth-order valence-electron chi connectivity index (χ4n) is 1.12. The van der Waals surface area contributed by atoms with E-state index in [-0.39, 0.29) is 12.1 Å². The normalized spacial score (nSPS) is 24.9. The van der Waals surface area contributed by atoms with E-state index in [1.807, 2.05) is 6.92 Å². The van der Waals surface area contributed by atoms with E-state index in [1.54, 1.807) is 4.90 Å². The van der Waals surface area contributed by atoms with Crippen molar-refractivity contribution in [3.05, 3.63) is 0 Å². The van der Waals surface area contributed by atoms with E-state index in [4.69, 9.17) is 4.74 Å². The van der Waals surface area contributed by atoms with E-state index < -0.39 is 0 Å². The van der Waals surface area contributed by atoms with Crippen molar-refractivity contribution in [2.45, 2.75) is 13.0 Å². The molecule has 0 aromatic heterocycles. The van der Waals surface area contributed by atoms with E-state index in [1.165, 1.54) is 7.11 Å². The lowest BCUT2D eigenvalue weighted by Gasteiger charge is -2.31. The maximum atomic E-state index is 11.0. The Morgan fingerprint density at radius 2 is 2.45 bits per heavy atom. The largest absolute Gasteiger partial charge is 0.453 e. The van der Waals surface area contributed by atoms with E-state index in [0.717, 1.165) is 0 Å². The quantitative estimate of drug-likeness (QED) is 0.516. The number of rotatable bonds is 0. The number of ether oxygens (including phenoxy) is 2. The maximum absolute atomic E-state index is 11.0. The van der Waals surface area contributed by atoms with E-state index in [9.17, 15) is 4.79 Å². The average molecular weight is 159 g/mol. The molecule has 4 nitrogen and oxygen atoms in total. The second-order valence-electron chi connectivity index (χ2n) is 2.59. The number of hydrogen-bond acceptors (Lipinski definition) is 3. The van der Waals surface area contributed by atoms with Crippen LogP contribution in [0.2, 0.25) is 0 Å². The Hall–Kier alpha value is -0.770. The smallest absolute Gasteiger partial charge is 0.409 e. The van der Waals surface area contributed by atoms with Gasteiger partial charge < -0.3 is 14.4 Å². The van der Waals surface area contributed by atoms with Crippen molar-refractivity contribution in [2.75, 3.05) is 26.9 Å². The van der Waals surface area contributed by atoms with E-state index in [2.05, 4.69) is 4.74 Å². The first-order chi connectivity index (χ1) is 5.25. The number of amides is 1. The van der Waals surface area contributed by atoms with Crippen molar-refractivity contribution in [3.8, 4) is 0 Å². The summed E-state index contributed by atoms with van der Waals surface area (Å²) in [6, 6.07) is 0.135. The first-order valence-corrected chi connectivity index (χ1v) is 3.68. The highest BCUT2D eigenvalue weighted by Crippen LogP contribution is 2.06. The summed E-state index contributed by atoms with van der Waals surface area (Å²) in [7, 11) is 1.39. The summed E-state index contributed by atoms with van der Waals surface area (Å²) in [5.41, 5.74) is 0. The number of hydrogen-bond donors (Lipinski definition) is 0. The summed E-state index contributed by atoms with van der Waals surface area (Å²) in [5.74, 6) is 0. The van der Waals surface area contributed by atoms with Gasteiger partial charge in [0.15, 0.2) is 0 Å². The van der Waals surface area contributed by atoms with Gasteiger partial charge in [0.2, 0.25) is 0 Å². The molecule has 1 aliphatic rings. The third-order valence-corrected chi connectivity index (χ3v) is 1.78. The molecule has 0 spiro atoms. The van der Waals surface area contributed by atoms with Gasteiger partial charge in [0, 0.05) is 6.54 Å². The SMILES string of the molecule is COC(=O)N1CCOC[C@H]1C. The molecule has 0 bridgehead atoms. The number of methoxy groups -OCH3 is 1. The fourth-order valence-corrected chi connectivity index (χ4v) is 1.12.